The molecule has 130 valence electrons. The molecule has 0 aliphatic rings. The summed E-state index contributed by atoms with van der Waals surface area (Å²) in [5.41, 5.74) is 2.19. The fourth-order valence-corrected chi connectivity index (χ4v) is 2.53. The van der Waals surface area contributed by atoms with Crippen LogP contribution in [0, 0.1) is 13.8 Å². The predicted molar refractivity (Wildman–Crippen MR) is 92.4 cm³/mol. The Balaban J connectivity index is 2.50. The highest BCUT2D eigenvalue weighted by Gasteiger charge is 2.16. The highest BCUT2D eigenvalue weighted by atomic mass is 16.2. The van der Waals surface area contributed by atoms with Gasteiger partial charge in [-0.15, -0.1) is 0 Å². The van der Waals surface area contributed by atoms with Gasteiger partial charge in [0.15, 0.2) is 0 Å². The molecule has 2 rings (SSSR count). The number of carbonyl (C=O) groups is 1. The average molecular weight is 331 g/mol. The van der Waals surface area contributed by atoms with Crippen LogP contribution in [-0.2, 0) is 17.8 Å². The number of nitrogens with zero attached hydrogens (tertiary/aromatic N) is 4. The molecule has 7 nitrogen and oxygen atoms in total. The number of aromatic nitrogens is 4. The van der Waals surface area contributed by atoms with Crippen molar-refractivity contribution in [3.05, 3.63) is 39.6 Å². The molecule has 0 aliphatic heterocycles. The zero-order chi connectivity index (χ0) is 17.7. The summed E-state index contributed by atoms with van der Waals surface area (Å²) in [5.74, 6) is 0.190. The molecule has 0 bridgehead atoms. The first-order valence-corrected chi connectivity index (χ1v) is 8.37. The molecule has 1 amide bonds. The van der Waals surface area contributed by atoms with Crippen LogP contribution < -0.4 is 10.9 Å². The van der Waals surface area contributed by atoms with Crippen LogP contribution in [0.5, 0.6) is 0 Å². The Hall–Kier alpha value is -2.44. The summed E-state index contributed by atoms with van der Waals surface area (Å²) in [6.45, 7) is 8.33. The summed E-state index contributed by atoms with van der Waals surface area (Å²) < 4.78 is 3.01. The molecule has 0 aliphatic carbocycles. The summed E-state index contributed by atoms with van der Waals surface area (Å²) in [6, 6.07) is 3.42. The van der Waals surface area contributed by atoms with Crippen LogP contribution in [0.15, 0.2) is 16.9 Å². The summed E-state index contributed by atoms with van der Waals surface area (Å²) in [5, 5.41) is 7.21. The minimum atomic E-state index is -0.234. The fourth-order valence-electron chi connectivity index (χ4n) is 2.53. The molecule has 0 unspecified atom stereocenters. The van der Waals surface area contributed by atoms with Crippen LogP contribution in [0.25, 0.3) is 5.95 Å². The zero-order valence-corrected chi connectivity index (χ0v) is 14.8. The van der Waals surface area contributed by atoms with Crippen molar-refractivity contribution < 1.29 is 4.79 Å². The number of aryl methyl sites for hydroxylation is 3. The Morgan fingerprint density at radius 3 is 2.54 bits per heavy atom. The molecule has 1 N–H and O–H groups in total. The van der Waals surface area contributed by atoms with Gasteiger partial charge in [-0.3, -0.25) is 14.2 Å². The van der Waals surface area contributed by atoms with Crippen molar-refractivity contribution >= 4 is 5.91 Å². The minimum absolute atomic E-state index is 0.0636. The number of carbonyl (C=O) groups excluding carboxylic acids is 1. The van der Waals surface area contributed by atoms with E-state index in [2.05, 4.69) is 15.4 Å². The largest absolute Gasteiger partial charge is 0.355 e. The molecule has 0 aromatic carbocycles. The second-order valence-electron chi connectivity index (χ2n) is 5.91. The smallest absolute Gasteiger partial charge is 0.255 e. The molecule has 0 radical (unpaired) electrons. The number of amides is 1. The lowest BCUT2D eigenvalue weighted by molar-refractivity contribution is -0.121. The van der Waals surface area contributed by atoms with Crippen LogP contribution in [0.4, 0.5) is 0 Å². The molecule has 2 aromatic rings. The van der Waals surface area contributed by atoms with E-state index < -0.39 is 0 Å². The SMILES string of the molecule is CCCNC(=O)Cn1c(-n2nc(C)cc2C)nc(CCC)cc1=O. The van der Waals surface area contributed by atoms with Crippen LogP contribution in [0.1, 0.15) is 43.8 Å². The van der Waals surface area contributed by atoms with Crippen LogP contribution in [-0.4, -0.2) is 31.8 Å². The monoisotopic (exact) mass is 331 g/mol. The second kappa shape index (κ2) is 7.90. The molecule has 0 saturated heterocycles. The van der Waals surface area contributed by atoms with Crippen molar-refractivity contribution in [2.24, 2.45) is 0 Å². The van der Waals surface area contributed by atoms with Crippen molar-refractivity contribution in [1.82, 2.24) is 24.6 Å². The van der Waals surface area contributed by atoms with E-state index in [-0.39, 0.29) is 18.0 Å². The normalized spacial score (nSPS) is 10.8. The van der Waals surface area contributed by atoms with E-state index in [1.807, 2.05) is 33.8 Å². The van der Waals surface area contributed by atoms with E-state index >= 15 is 0 Å². The third kappa shape index (κ3) is 4.10. The van der Waals surface area contributed by atoms with Crippen LogP contribution >= 0.6 is 0 Å². The van der Waals surface area contributed by atoms with Gasteiger partial charge in [0.2, 0.25) is 11.9 Å². The molecule has 0 spiro atoms. The second-order valence-corrected chi connectivity index (χ2v) is 5.91. The Labute approximate surface area is 141 Å². The lowest BCUT2D eigenvalue weighted by Crippen LogP contribution is -2.35. The van der Waals surface area contributed by atoms with E-state index in [9.17, 15) is 9.59 Å². The molecular weight excluding hydrogens is 306 g/mol. The van der Waals surface area contributed by atoms with Gasteiger partial charge in [-0.1, -0.05) is 20.3 Å². The number of rotatable bonds is 7. The van der Waals surface area contributed by atoms with Gasteiger partial charge in [0.05, 0.1) is 5.69 Å². The van der Waals surface area contributed by atoms with Gasteiger partial charge < -0.3 is 5.32 Å². The molecule has 0 fully saturated rings. The van der Waals surface area contributed by atoms with E-state index in [1.165, 1.54) is 10.6 Å². The molecule has 0 atom stereocenters. The maximum absolute atomic E-state index is 12.5. The summed E-state index contributed by atoms with van der Waals surface area (Å²) >= 11 is 0. The Morgan fingerprint density at radius 1 is 1.21 bits per heavy atom. The summed E-state index contributed by atoms with van der Waals surface area (Å²) in [4.78, 5) is 29.2. The van der Waals surface area contributed by atoms with Gasteiger partial charge in [-0.05, 0) is 32.8 Å². The first-order chi connectivity index (χ1) is 11.5. The third-order valence-electron chi connectivity index (χ3n) is 3.62. The highest BCUT2D eigenvalue weighted by molar-refractivity contribution is 5.75. The summed E-state index contributed by atoms with van der Waals surface area (Å²) in [6.07, 6.45) is 2.45. The first-order valence-electron chi connectivity index (χ1n) is 8.37. The highest BCUT2D eigenvalue weighted by Crippen LogP contribution is 2.10. The molecule has 24 heavy (non-hydrogen) atoms. The molecular formula is C17H25N5O2. The van der Waals surface area contributed by atoms with Gasteiger partial charge in [0.1, 0.15) is 6.54 Å². The van der Waals surface area contributed by atoms with Crippen molar-refractivity contribution in [3.8, 4) is 5.95 Å². The van der Waals surface area contributed by atoms with Crippen molar-refractivity contribution in [2.75, 3.05) is 6.54 Å². The average Bonchev–Trinajstić information content (AvgIpc) is 2.86. The molecule has 7 heteroatoms. The van der Waals surface area contributed by atoms with Gasteiger partial charge in [-0.2, -0.15) is 5.10 Å². The molecule has 2 aromatic heterocycles. The van der Waals surface area contributed by atoms with Crippen molar-refractivity contribution in [3.63, 3.8) is 0 Å². The van der Waals surface area contributed by atoms with Crippen LogP contribution in [0.3, 0.4) is 0 Å². The van der Waals surface area contributed by atoms with E-state index in [0.29, 0.717) is 18.9 Å². The maximum atomic E-state index is 12.5. The van der Waals surface area contributed by atoms with E-state index in [4.69, 9.17) is 0 Å². The molecule has 2 heterocycles. The minimum Gasteiger partial charge on any atom is -0.355 e. The van der Waals surface area contributed by atoms with E-state index in [1.54, 1.807) is 4.68 Å². The van der Waals surface area contributed by atoms with Gasteiger partial charge in [0.25, 0.3) is 5.56 Å². The van der Waals surface area contributed by atoms with Crippen LogP contribution in [0.2, 0.25) is 0 Å². The molecule has 0 saturated carbocycles. The number of nitrogens with one attached hydrogen (secondary N) is 1. The Kier molecular flexibility index (Phi) is 5.89. The zero-order valence-electron chi connectivity index (χ0n) is 14.8. The summed E-state index contributed by atoms with van der Waals surface area (Å²) in [7, 11) is 0. The van der Waals surface area contributed by atoms with Crippen molar-refractivity contribution in [1.29, 1.82) is 0 Å². The lowest BCUT2D eigenvalue weighted by atomic mass is 10.2. The van der Waals surface area contributed by atoms with Gasteiger partial charge in [0, 0.05) is 24.0 Å². The fraction of sp³-hybridized carbons (Fsp3) is 0.529. The Morgan fingerprint density at radius 2 is 1.96 bits per heavy atom. The van der Waals surface area contributed by atoms with E-state index in [0.717, 1.165) is 29.9 Å². The first kappa shape index (κ1) is 17.9. The quantitative estimate of drug-likeness (QED) is 0.834. The maximum Gasteiger partial charge on any atom is 0.255 e. The lowest BCUT2D eigenvalue weighted by Gasteiger charge is -2.14. The predicted octanol–water partition coefficient (Wildman–Crippen LogP) is 1.52. The van der Waals surface area contributed by atoms with Crippen molar-refractivity contribution in [2.45, 2.75) is 53.5 Å². The van der Waals surface area contributed by atoms with Gasteiger partial charge >= 0.3 is 0 Å². The standard InChI is InChI=1S/C17H25N5O2/c1-5-7-14-10-16(24)21(11-15(23)18-8-6-2)17(19-14)22-13(4)9-12(3)20-22/h9-10H,5-8,11H2,1-4H3,(H,18,23). The number of hydrogen-bond donors (Lipinski definition) is 1. The van der Waals surface area contributed by atoms with Gasteiger partial charge in [-0.25, -0.2) is 9.67 Å². The number of hydrogen-bond acceptors (Lipinski definition) is 4. The Bertz CT molecular complexity index is 776. The topological polar surface area (TPSA) is 81.8 Å². The third-order valence-corrected chi connectivity index (χ3v) is 3.62.